The van der Waals surface area contributed by atoms with Crippen molar-refractivity contribution in [1.82, 2.24) is 4.98 Å². The minimum Gasteiger partial charge on any atom is -0.478 e. The number of aromatic carboxylic acids is 1. The van der Waals surface area contributed by atoms with Crippen LogP contribution in [0.15, 0.2) is 54.6 Å². The topological polar surface area (TPSA) is 62.2 Å². The number of carbonyl (C=O) groups is 1. The number of carboxylic acids is 1. The Morgan fingerprint density at radius 2 is 1.91 bits per heavy atom. The molecule has 110 valence electrons. The van der Waals surface area contributed by atoms with Crippen LogP contribution in [0.4, 0.5) is 5.69 Å². The van der Waals surface area contributed by atoms with Crippen LogP contribution in [0.1, 0.15) is 21.6 Å². The second-order valence-corrected chi connectivity index (χ2v) is 5.19. The number of pyridine rings is 1. The molecule has 0 bridgehead atoms. The molecule has 0 atom stereocenters. The first kappa shape index (κ1) is 14.1. The molecule has 0 unspecified atom stereocenters. The summed E-state index contributed by atoms with van der Waals surface area (Å²) < 4.78 is 0. The first-order valence-corrected chi connectivity index (χ1v) is 7.06. The van der Waals surface area contributed by atoms with Crippen LogP contribution in [-0.4, -0.2) is 16.1 Å². The highest BCUT2D eigenvalue weighted by atomic mass is 16.4. The van der Waals surface area contributed by atoms with Gasteiger partial charge in [0.1, 0.15) is 0 Å². The van der Waals surface area contributed by atoms with E-state index in [4.69, 9.17) is 5.11 Å². The number of aryl methyl sites for hydroxylation is 1. The Morgan fingerprint density at radius 3 is 2.64 bits per heavy atom. The number of aromatic nitrogens is 1. The summed E-state index contributed by atoms with van der Waals surface area (Å²) in [4.78, 5) is 15.6. The fourth-order valence-corrected chi connectivity index (χ4v) is 2.43. The van der Waals surface area contributed by atoms with Gasteiger partial charge in [-0.2, -0.15) is 0 Å². The first-order chi connectivity index (χ1) is 10.6. The number of hydrogen-bond donors (Lipinski definition) is 2. The number of fused-ring (bicyclic) bond motifs is 1. The summed E-state index contributed by atoms with van der Waals surface area (Å²) in [5.74, 6) is -0.934. The van der Waals surface area contributed by atoms with Gasteiger partial charge in [-0.25, -0.2) is 4.79 Å². The van der Waals surface area contributed by atoms with Gasteiger partial charge in [-0.05, 0) is 36.8 Å². The van der Waals surface area contributed by atoms with Crippen molar-refractivity contribution >= 4 is 22.6 Å². The van der Waals surface area contributed by atoms with Gasteiger partial charge >= 0.3 is 5.97 Å². The third-order valence-electron chi connectivity index (χ3n) is 3.51. The number of carboxylic acid groups (broad SMARTS) is 1. The minimum atomic E-state index is -0.934. The fourth-order valence-electron chi connectivity index (χ4n) is 2.43. The molecule has 0 amide bonds. The van der Waals surface area contributed by atoms with E-state index in [0.29, 0.717) is 6.54 Å². The Morgan fingerprint density at radius 1 is 1.14 bits per heavy atom. The van der Waals surface area contributed by atoms with Crippen molar-refractivity contribution in [3.8, 4) is 0 Å². The molecule has 3 rings (SSSR count). The largest absolute Gasteiger partial charge is 0.478 e. The van der Waals surface area contributed by atoms with E-state index in [2.05, 4.69) is 10.3 Å². The Bertz CT molecular complexity index is 829. The Hall–Kier alpha value is -2.88. The van der Waals surface area contributed by atoms with E-state index in [-0.39, 0.29) is 5.56 Å². The van der Waals surface area contributed by atoms with Crippen LogP contribution in [0, 0.1) is 6.92 Å². The monoisotopic (exact) mass is 292 g/mol. The van der Waals surface area contributed by atoms with Gasteiger partial charge in [0, 0.05) is 23.3 Å². The van der Waals surface area contributed by atoms with E-state index in [1.165, 1.54) is 5.56 Å². The van der Waals surface area contributed by atoms with E-state index in [9.17, 15) is 4.79 Å². The lowest BCUT2D eigenvalue weighted by atomic mass is 10.1. The van der Waals surface area contributed by atoms with Gasteiger partial charge in [-0.15, -0.1) is 0 Å². The SMILES string of the molecule is Cc1cc(NCc2ccccc2)c2cc(C(=O)O)ccc2n1. The smallest absolute Gasteiger partial charge is 0.335 e. The number of anilines is 1. The summed E-state index contributed by atoms with van der Waals surface area (Å²) in [5.41, 5.74) is 4.02. The van der Waals surface area contributed by atoms with Crippen molar-refractivity contribution in [3.63, 3.8) is 0 Å². The quantitative estimate of drug-likeness (QED) is 0.766. The maximum Gasteiger partial charge on any atom is 0.335 e. The molecule has 0 saturated carbocycles. The lowest BCUT2D eigenvalue weighted by Gasteiger charge is -2.11. The maximum atomic E-state index is 11.2. The standard InChI is InChI=1S/C18H16N2O2/c1-12-9-17(19-11-13-5-3-2-4-6-13)15-10-14(18(21)22)7-8-16(15)20-12/h2-10H,11H2,1H3,(H,19,20)(H,21,22). The van der Waals surface area contributed by atoms with Gasteiger partial charge in [-0.1, -0.05) is 30.3 Å². The molecule has 2 aromatic carbocycles. The Kier molecular flexibility index (Phi) is 3.74. The summed E-state index contributed by atoms with van der Waals surface area (Å²) in [6.07, 6.45) is 0. The second kappa shape index (κ2) is 5.85. The van der Waals surface area contributed by atoms with E-state index in [0.717, 1.165) is 22.3 Å². The third kappa shape index (κ3) is 2.91. The molecule has 0 fully saturated rings. The van der Waals surface area contributed by atoms with Crippen molar-refractivity contribution in [1.29, 1.82) is 0 Å². The van der Waals surface area contributed by atoms with Crippen molar-refractivity contribution in [2.45, 2.75) is 13.5 Å². The Balaban J connectivity index is 1.99. The summed E-state index contributed by atoms with van der Waals surface area (Å²) in [6, 6.07) is 17.0. The molecule has 4 heteroatoms. The number of hydrogen-bond acceptors (Lipinski definition) is 3. The highest BCUT2D eigenvalue weighted by Crippen LogP contribution is 2.25. The zero-order chi connectivity index (χ0) is 15.5. The summed E-state index contributed by atoms with van der Waals surface area (Å²) in [5, 5.41) is 13.4. The van der Waals surface area contributed by atoms with E-state index in [1.54, 1.807) is 18.2 Å². The zero-order valence-corrected chi connectivity index (χ0v) is 12.2. The summed E-state index contributed by atoms with van der Waals surface area (Å²) >= 11 is 0. The number of benzene rings is 2. The number of nitrogens with zero attached hydrogens (tertiary/aromatic N) is 1. The molecule has 3 aromatic rings. The third-order valence-corrected chi connectivity index (χ3v) is 3.51. The molecule has 4 nitrogen and oxygen atoms in total. The van der Waals surface area contributed by atoms with Crippen LogP contribution in [-0.2, 0) is 6.54 Å². The highest BCUT2D eigenvalue weighted by Gasteiger charge is 2.08. The van der Waals surface area contributed by atoms with E-state index < -0.39 is 5.97 Å². The molecule has 0 aliphatic heterocycles. The predicted octanol–water partition coefficient (Wildman–Crippen LogP) is 3.85. The van der Waals surface area contributed by atoms with Crippen molar-refractivity contribution in [3.05, 3.63) is 71.4 Å². The van der Waals surface area contributed by atoms with Gasteiger partial charge in [0.05, 0.1) is 11.1 Å². The van der Waals surface area contributed by atoms with Crippen molar-refractivity contribution in [2.75, 3.05) is 5.32 Å². The molecule has 2 N–H and O–H groups in total. The van der Waals surface area contributed by atoms with Gasteiger partial charge in [0.25, 0.3) is 0 Å². The highest BCUT2D eigenvalue weighted by molar-refractivity contribution is 5.98. The molecule has 0 aliphatic carbocycles. The van der Waals surface area contributed by atoms with Crippen LogP contribution >= 0.6 is 0 Å². The molecule has 0 saturated heterocycles. The lowest BCUT2D eigenvalue weighted by molar-refractivity contribution is 0.0697. The van der Waals surface area contributed by atoms with Crippen LogP contribution < -0.4 is 5.32 Å². The van der Waals surface area contributed by atoms with Crippen LogP contribution in [0.2, 0.25) is 0 Å². The average molecular weight is 292 g/mol. The second-order valence-electron chi connectivity index (χ2n) is 5.19. The maximum absolute atomic E-state index is 11.2. The van der Waals surface area contributed by atoms with Crippen LogP contribution in [0.3, 0.4) is 0 Å². The minimum absolute atomic E-state index is 0.265. The molecule has 0 aliphatic rings. The molecule has 1 heterocycles. The fraction of sp³-hybridized carbons (Fsp3) is 0.111. The predicted molar refractivity (Wildman–Crippen MR) is 87.2 cm³/mol. The van der Waals surface area contributed by atoms with Crippen LogP contribution in [0.25, 0.3) is 10.9 Å². The van der Waals surface area contributed by atoms with Gasteiger partial charge in [-0.3, -0.25) is 4.98 Å². The first-order valence-electron chi connectivity index (χ1n) is 7.06. The van der Waals surface area contributed by atoms with Gasteiger partial charge in [0.15, 0.2) is 0 Å². The average Bonchev–Trinajstić information content (AvgIpc) is 2.53. The van der Waals surface area contributed by atoms with Gasteiger partial charge in [0.2, 0.25) is 0 Å². The van der Waals surface area contributed by atoms with E-state index in [1.807, 2.05) is 43.3 Å². The molecular formula is C18H16N2O2. The number of nitrogens with one attached hydrogen (secondary N) is 1. The normalized spacial score (nSPS) is 10.6. The molecule has 0 radical (unpaired) electrons. The lowest BCUT2D eigenvalue weighted by Crippen LogP contribution is -2.02. The van der Waals surface area contributed by atoms with Crippen LogP contribution in [0.5, 0.6) is 0 Å². The van der Waals surface area contributed by atoms with Crippen molar-refractivity contribution < 1.29 is 9.90 Å². The molecule has 0 spiro atoms. The molecule has 1 aromatic heterocycles. The summed E-state index contributed by atoms with van der Waals surface area (Å²) in [6.45, 7) is 2.61. The number of rotatable bonds is 4. The molecule has 22 heavy (non-hydrogen) atoms. The van der Waals surface area contributed by atoms with E-state index >= 15 is 0 Å². The zero-order valence-electron chi connectivity index (χ0n) is 12.2. The van der Waals surface area contributed by atoms with Gasteiger partial charge < -0.3 is 10.4 Å². The Labute approximate surface area is 128 Å². The van der Waals surface area contributed by atoms with Crippen molar-refractivity contribution in [2.24, 2.45) is 0 Å². The summed E-state index contributed by atoms with van der Waals surface area (Å²) in [7, 11) is 0. The molecular weight excluding hydrogens is 276 g/mol.